The van der Waals surface area contributed by atoms with Crippen molar-refractivity contribution >= 4 is 47.2 Å². The third-order valence-electron chi connectivity index (χ3n) is 5.20. The number of thiazole rings is 1. The SMILES string of the molecule is Cc1cnc(C(C)CNC(=NCC(=O)N(C)C)NC2CCc3ccccc3C2)s1.I. The molecule has 6 nitrogen and oxygen atoms in total. The Morgan fingerprint density at radius 2 is 2.07 bits per heavy atom. The predicted molar refractivity (Wildman–Crippen MR) is 135 cm³/mol. The Labute approximate surface area is 200 Å². The molecule has 0 aliphatic heterocycles. The highest BCUT2D eigenvalue weighted by molar-refractivity contribution is 14.0. The van der Waals surface area contributed by atoms with Crippen molar-refractivity contribution in [3.05, 3.63) is 51.5 Å². The van der Waals surface area contributed by atoms with Crippen LogP contribution in [0.15, 0.2) is 35.5 Å². The van der Waals surface area contributed by atoms with Gasteiger partial charge in [-0.3, -0.25) is 4.79 Å². The third kappa shape index (κ3) is 6.94. The maximum Gasteiger partial charge on any atom is 0.243 e. The summed E-state index contributed by atoms with van der Waals surface area (Å²) < 4.78 is 0. The Morgan fingerprint density at radius 3 is 2.73 bits per heavy atom. The van der Waals surface area contributed by atoms with E-state index < -0.39 is 0 Å². The minimum atomic E-state index is -0.0105. The van der Waals surface area contributed by atoms with Crippen molar-refractivity contribution < 1.29 is 4.79 Å². The number of carbonyl (C=O) groups excluding carboxylic acids is 1. The molecule has 1 aliphatic carbocycles. The topological polar surface area (TPSA) is 69.6 Å². The summed E-state index contributed by atoms with van der Waals surface area (Å²) in [6.45, 7) is 5.09. The molecule has 2 atom stereocenters. The maximum atomic E-state index is 12.0. The van der Waals surface area contributed by atoms with E-state index >= 15 is 0 Å². The van der Waals surface area contributed by atoms with Gasteiger partial charge in [0.1, 0.15) is 6.54 Å². The second kappa shape index (κ2) is 11.6. The molecule has 0 saturated heterocycles. The van der Waals surface area contributed by atoms with Crippen molar-refractivity contribution in [2.75, 3.05) is 27.2 Å². The Kier molecular flexibility index (Phi) is 9.54. The van der Waals surface area contributed by atoms with E-state index in [0.29, 0.717) is 12.0 Å². The first kappa shape index (κ1) is 24.6. The lowest BCUT2D eigenvalue weighted by Crippen LogP contribution is -2.47. The molecule has 0 spiro atoms. The lowest BCUT2D eigenvalue weighted by atomic mass is 9.88. The van der Waals surface area contributed by atoms with Gasteiger partial charge in [0.25, 0.3) is 0 Å². The molecule has 2 N–H and O–H groups in total. The summed E-state index contributed by atoms with van der Waals surface area (Å²) in [5, 5.41) is 8.10. The molecule has 0 saturated carbocycles. The number of hydrogen-bond acceptors (Lipinski definition) is 4. The third-order valence-corrected chi connectivity index (χ3v) is 6.34. The van der Waals surface area contributed by atoms with Crippen LogP contribution in [0.25, 0.3) is 0 Å². The zero-order valence-corrected chi connectivity index (χ0v) is 21.3. The van der Waals surface area contributed by atoms with Crippen LogP contribution in [-0.2, 0) is 17.6 Å². The lowest BCUT2D eigenvalue weighted by molar-refractivity contribution is -0.127. The molecular weight excluding hydrogens is 509 g/mol. The van der Waals surface area contributed by atoms with Crippen molar-refractivity contribution in [2.45, 2.75) is 45.1 Å². The van der Waals surface area contributed by atoms with Gasteiger partial charge in [0, 0.05) is 43.7 Å². The van der Waals surface area contributed by atoms with Crippen LogP contribution in [0, 0.1) is 6.92 Å². The van der Waals surface area contributed by atoms with E-state index in [9.17, 15) is 4.79 Å². The highest BCUT2D eigenvalue weighted by Gasteiger charge is 2.20. The number of hydrogen-bond donors (Lipinski definition) is 2. The smallest absolute Gasteiger partial charge is 0.243 e. The molecule has 1 heterocycles. The summed E-state index contributed by atoms with van der Waals surface area (Å²) in [5.74, 6) is 0.964. The van der Waals surface area contributed by atoms with Crippen molar-refractivity contribution in [1.29, 1.82) is 0 Å². The van der Waals surface area contributed by atoms with Crippen molar-refractivity contribution in [1.82, 2.24) is 20.5 Å². The van der Waals surface area contributed by atoms with E-state index in [-0.39, 0.29) is 42.3 Å². The fraction of sp³-hybridized carbons (Fsp3) is 0.500. The van der Waals surface area contributed by atoms with Gasteiger partial charge >= 0.3 is 0 Å². The number of guanidine groups is 1. The molecule has 8 heteroatoms. The molecule has 1 amide bonds. The largest absolute Gasteiger partial charge is 0.356 e. The number of benzene rings is 1. The summed E-state index contributed by atoms with van der Waals surface area (Å²) in [4.78, 5) is 23.8. The highest BCUT2D eigenvalue weighted by Crippen LogP contribution is 2.22. The number of rotatable bonds is 6. The molecule has 0 radical (unpaired) electrons. The van der Waals surface area contributed by atoms with Gasteiger partial charge in [-0.15, -0.1) is 35.3 Å². The normalized spacial score (nSPS) is 16.8. The first-order valence-corrected chi connectivity index (χ1v) is 11.0. The van der Waals surface area contributed by atoms with Crippen LogP contribution in [-0.4, -0.2) is 55.0 Å². The second-order valence-electron chi connectivity index (χ2n) is 7.90. The Bertz CT molecular complexity index is 867. The summed E-state index contributed by atoms with van der Waals surface area (Å²) in [5.41, 5.74) is 2.83. The number of nitrogens with zero attached hydrogens (tertiary/aromatic N) is 3. The van der Waals surface area contributed by atoms with Gasteiger partial charge in [-0.25, -0.2) is 9.98 Å². The fourth-order valence-corrected chi connectivity index (χ4v) is 4.22. The maximum absolute atomic E-state index is 12.0. The number of aliphatic imine (C=N–C) groups is 1. The van der Waals surface area contributed by atoms with Gasteiger partial charge in [0.05, 0.1) is 5.01 Å². The van der Waals surface area contributed by atoms with Gasteiger partial charge < -0.3 is 15.5 Å². The number of fused-ring (bicyclic) bond motifs is 1. The van der Waals surface area contributed by atoms with Crippen LogP contribution >= 0.6 is 35.3 Å². The quantitative estimate of drug-likeness (QED) is 0.335. The fourth-order valence-electron chi connectivity index (χ4n) is 3.39. The second-order valence-corrected chi connectivity index (χ2v) is 9.16. The molecular formula is C22H32IN5OS. The van der Waals surface area contributed by atoms with Gasteiger partial charge in [-0.05, 0) is 37.3 Å². The molecule has 1 aliphatic rings. The van der Waals surface area contributed by atoms with Crippen molar-refractivity contribution in [3.63, 3.8) is 0 Å². The molecule has 1 aromatic heterocycles. The van der Waals surface area contributed by atoms with Crippen molar-refractivity contribution in [3.8, 4) is 0 Å². The first-order valence-electron chi connectivity index (χ1n) is 10.2. The van der Waals surface area contributed by atoms with Gasteiger partial charge in [-0.2, -0.15) is 0 Å². The van der Waals surface area contributed by atoms with E-state index in [0.717, 1.165) is 30.8 Å². The highest BCUT2D eigenvalue weighted by atomic mass is 127. The summed E-state index contributed by atoms with van der Waals surface area (Å²) in [6.07, 6.45) is 5.01. The van der Waals surface area contributed by atoms with Gasteiger partial charge in [-0.1, -0.05) is 31.2 Å². The lowest BCUT2D eigenvalue weighted by Gasteiger charge is -2.27. The van der Waals surface area contributed by atoms with E-state index in [2.05, 4.69) is 58.7 Å². The van der Waals surface area contributed by atoms with E-state index in [1.165, 1.54) is 16.0 Å². The molecule has 164 valence electrons. The summed E-state index contributed by atoms with van der Waals surface area (Å²) in [7, 11) is 3.51. The molecule has 0 bridgehead atoms. The van der Waals surface area contributed by atoms with Crippen LogP contribution in [0.2, 0.25) is 0 Å². The van der Waals surface area contributed by atoms with E-state index in [1.54, 1.807) is 30.3 Å². The van der Waals surface area contributed by atoms with Crippen LogP contribution in [0.5, 0.6) is 0 Å². The van der Waals surface area contributed by atoms with Crippen LogP contribution in [0.4, 0.5) is 0 Å². The monoisotopic (exact) mass is 541 g/mol. The molecule has 2 aromatic rings. The number of nitrogens with one attached hydrogen (secondary N) is 2. The number of amides is 1. The summed E-state index contributed by atoms with van der Waals surface area (Å²) >= 11 is 1.73. The van der Waals surface area contributed by atoms with E-state index in [1.807, 2.05) is 6.20 Å². The Balaban J connectivity index is 0.00000320. The minimum absolute atomic E-state index is 0. The summed E-state index contributed by atoms with van der Waals surface area (Å²) in [6, 6.07) is 8.93. The number of aryl methyl sites for hydroxylation is 2. The average Bonchev–Trinajstić information content (AvgIpc) is 3.15. The molecule has 0 fully saturated rings. The molecule has 1 aromatic carbocycles. The number of carbonyl (C=O) groups is 1. The predicted octanol–water partition coefficient (Wildman–Crippen LogP) is 3.35. The first-order chi connectivity index (χ1) is 13.9. The Morgan fingerprint density at radius 1 is 1.33 bits per heavy atom. The van der Waals surface area contributed by atoms with Crippen LogP contribution < -0.4 is 10.6 Å². The van der Waals surface area contributed by atoms with Crippen molar-refractivity contribution in [2.24, 2.45) is 4.99 Å². The Hall–Kier alpha value is -1.68. The van der Waals surface area contributed by atoms with E-state index in [4.69, 9.17) is 0 Å². The molecule has 3 rings (SSSR count). The number of likely N-dealkylation sites (N-methyl/N-ethyl adjacent to an activating group) is 1. The van der Waals surface area contributed by atoms with Gasteiger partial charge in [0.15, 0.2) is 5.96 Å². The zero-order chi connectivity index (χ0) is 20.8. The average molecular weight is 542 g/mol. The molecule has 30 heavy (non-hydrogen) atoms. The standard InChI is InChI=1S/C22H31N5OS.HI/c1-15(21-23-13-16(2)29-21)12-24-22(25-14-20(28)27(3)4)26-19-10-9-17-7-5-6-8-18(17)11-19;/h5-8,13,15,19H,9-12,14H2,1-4H3,(H2,24,25,26);1H. The number of halogens is 1. The minimum Gasteiger partial charge on any atom is -0.356 e. The molecule has 2 unspecified atom stereocenters. The van der Waals surface area contributed by atoms with Crippen LogP contribution in [0.1, 0.15) is 40.3 Å². The van der Waals surface area contributed by atoms with Crippen LogP contribution in [0.3, 0.4) is 0 Å². The van der Waals surface area contributed by atoms with Gasteiger partial charge in [0.2, 0.25) is 5.91 Å². The number of aromatic nitrogens is 1. The zero-order valence-electron chi connectivity index (χ0n) is 18.1.